The first-order valence-corrected chi connectivity index (χ1v) is 5.56. The van der Waals surface area contributed by atoms with Crippen molar-refractivity contribution in [3.8, 4) is 0 Å². The monoisotopic (exact) mass is 220 g/mol. The Morgan fingerprint density at radius 3 is 2.56 bits per heavy atom. The number of pyridine rings is 1. The van der Waals surface area contributed by atoms with Crippen LogP contribution in [0.15, 0.2) is 24.5 Å². The molecule has 0 amide bonds. The molecule has 0 bridgehead atoms. The molecule has 2 rings (SSSR count). The number of aromatic nitrogens is 1. The lowest BCUT2D eigenvalue weighted by Gasteiger charge is -2.33. The highest BCUT2D eigenvalue weighted by Gasteiger charge is 2.39. The quantitative estimate of drug-likeness (QED) is 0.800. The summed E-state index contributed by atoms with van der Waals surface area (Å²) in [6.45, 7) is 1.58. The van der Waals surface area contributed by atoms with E-state index in [0.717, 1.165) is 18.7 Å². The van der Waals surface area contributed by atoms with Gasteiger partial charge in [-0.25, -0.2) is 0 Å². The first-order chi connectivity index (χ1) is 7.73. The van der Waals surface area contributed by atoms with Crippen LogP contribution >= 0.6 is 0 Å². The predicted octanol–water partition coefficient (Wildman–Crippen LogP) is 1.08. The third-order valence-corrected chi connectivity index (χ3v) is 3.31. The van der Waals surface area contributed by atoms with E-state index in [2.05, 4.69) is 10.3 Å². The number of rotatable bonds is 3. The van der Waals surface area contributed by atoms with Crippen LogP contribution in [-0.4, -0.2) is 29.1 Å². The fourth-order valence-electron chi connectivity index (χ4n) is 2.26. The van der Waals surface area contributed by atoms with Crippen LogP contribution in [0, 0.1) is 5.41 Å². The van der Waals surface area contributed by atoms with Gasteiger partial charge < -0.3 is 10.4 Å². The molecule has 0 atom stereocenters. The number of nitrogens with zero attached hydrogens (tertiary/aromatic N) is 1. The molecular weight excluding hydrogens is 204 g/mol. The normalized spacial score (nSPS) is 19.2. The fourth-order valence-corrected chi connectivity index (χ4v) is 2.26. The molecule has 0 aromatic carbocycles. The minimum absolute atomic E-state index is 0.591. The van der Waals surface area contributed by atoms with Crippen LogP contribution < -0.4 is 5.32 Å². The van der Waals surface area contributed by atoms with E-state index < -0.39 is 11.4 Å². The molecule has 1 aliphatic heterocycles. The van der Waals surface area contributed by atoms with Crippen molar-refractivity contribution in [2.75, 3.05) is 13.1 Å². The highest BCUT2D eigenvalue weighted by atomic mass is 16.4. The van der Waals surface area contributed by atoms with Crippen LogP contribution in [0.3, 0.4) is 0 Å². The summed E-state index contributed by atoms with van der Waals surface area (Å²) in [5, 5.41) is 12.6. The molecule has 1 aromatic heterocycles. The molecule has 1 aromatic rings. The van der Waals surface area contributed by atoms with E-state index in [1.165, 1.54) is 0 Å². The summed E-state index contributed by atoms with van der Waals surface area (Å²) < 4.78 is 0. The Labute approximate surface area is 94.7 Å². The Hall–Kier alpha value is -1.42. The number of carbonyl (C=O) groups is 1. The maximum Gasteiger partial charge on any atom is 0.310 e. The summed E-state index contributed by atoms with van der Waals surface area (Å²) >= 11 is 0. The summed E-state index contributed by atoms with van der Waals surface area (Å²) in [5.74, 6) is -0.675. The number of carboxylic acids is 1. The molecule has 0 saturated carbocycles. The van der Waals surface area contributed by atoms with Crippen molar-refractivity contribution in [2.45, 2.75) is 19.3 Å². The Kier molecular flexibility index (Phi) is 3.19. The third kappa shape index (κ3) is 2.22. The number of hydrogen-bond donors (Lipinski definition) is 2. The van der Waals surface area contributed by atoms with E-state index in [4.69, 9.17) is 0 Å². The lowest BCUT2D eigenvalue weighted by molar-refractivity contribution is -0.150. The van der Waals surface area contributed by atoms with E-state index in [-0.39, 0.29) is 0 Å². The van der Waals surface area contributed by atoms with Gasteiger partial charge in [0, 0.05) is 12.4 Å². The van der Waals surface area contributed by atoms with Crippen LogP contribution in [0.25, 0.3) is 0 Å². The summed E-state index contributed by atoms with van der Waals surface area (Å²) in [7, 11) is 0. The van der Waals surface area contributed by atoms with Crippen LogP contribution in [0.2, 0.25) is 0 Å². The zero-order valence-electron chi connectivity index (χ0n) is 9.15. The maximum atomic E-state index is 11.4. The molecular formula is C12H16N2O2. The highest BCUT2D eigenvalue weighted by molar-refractivity contribution is 5.75. The molecule has 2 N–H and O–H groups in total. The lowest BCUT2D eigenvalue weighted by Crippen LogP contribution is -2.43. The Morgan fingerprint density at radius 1 is 1.38 bits per heavy atom. The highest BCUT2D eigenvalue weighted by Crippen LogP contribution is 2.33. The van der Waals surface area contributed by atoms with Crippen LogP contribution in [0.4, 0.5) is 0 Å². The van der Waals surface area contributed by atoms with Crippen molar-refractivity contribution >= 4 is 5.97 Å². The molecule has 16 heavy (non-hydrogen) atoms. The molecule has 0 aliphatic carbocycles. The van der Waals surface area contributed by atoms with Gasteiger partial charge in [-0.05, 0) is 50.0 Å². The van der Waals surface area contributed by atoms with Gasteiger partial charge in [-0.2, -0.15) is 0 Å². The van der Waals surface area contributed by atoms with Crippen molar-refractivity contribution in [3.63, 3.8) is 0 Å². The Morgan fingerprint density at radius 2 is 2.00 bits per heavy atom. The van der Waals surface area contributed by atoms with Crippen molar-refractivity contribution in [3.05, 3.63) is 30.1 Å². The van der Waals surface area contributed by atoms with Gasteiger partial charge in [0.1, 0.15) is 0 Å². The van der Waals surface area contributed by atoms with Gasteiger partial charge in [-0.3, -0.25) is 9.78 Å². The molecule has 0 radical (unpaired) electrons. The molecule has 1 saturated heterocycles. The van der Waals surface area contributed by atoms with Crippen molar-refractivity contribution in [2.24, 2.45) is 5.41 Å². The molecule has 1 fully saturated rings. The van der Waals surface area contributed by atoms with E-state index in [9.17, 15) is 9.90 Å². The third-order valence-electron chi connectivity index (χ3n) is 3.31. The zero-order chi connectivity index (χ0) is 11.4. The number of piperidine rings is 1. The van der Waals surface area contributed by atoms with Crippen LogP contribution in [0.1, 0.15) is 18.4 Å². The Bertz CT molecular complexity index is 359. The van der Waals surface area contributed by atoms with Gasteiger partial charge in [0.2, 0.25) is 0 Å². The first-order valence-electron chi connectivity index (χ1n) is 5.56. The minimum atomic E-state index is -0.675. The fraction of sp³-hybridized carbons (Fsp3) is 0.500. The van der Waals surface area contributed by atoms with Crippen molar-refractivity contribution in [1.82, 2.24) is 10.3 Å². The predicted molar refractivity (Wildman–Crippen MR) is 60.1 cm³/mol. The van der Waals surface area contributed by atoms with Crippen molar-refractivity contribution in [1.29, 1.82) is 0 Å². The maximum absolute atomic E-state index is 11.4. The summed E-state index contributed by atoms with van der Waals surface area (Å²) in [6.07, 6.45) is 5.43. The second-order valence-electron chi connectivity index (χ2n) is 4.37. The second-order valence-corrected chi connectivity index (χ2v) is 4.37. The summed E-state index contributed by atoms with van der Waals surface area (Å²) in [6, 6.07) is 3.79. The Balaban J connectivity index is 2.17. The van der Waals surface area contributed by atoms with Gasteiger partial charge in [-0.1, -0.05) is 0 Å². The first kappa shape index (κ1) is 11.1. The largest absolute Gasteiger partial charge is 0.481 e. The number of nitrogens with one attached hydrogen (secondary N) is 1. The van der Waals surface area contributed by atoms with Gasteiger partial charge >= 0.3 is 5.97 Å². The zero-order valence-corrected chi connectivity index (χ0v) is 9.15. The SMILES string of the molecule is O=C(O)C1(Cc2ccncc2)CCNCC1. The second kappa shape index (κ2) is 4.61. The summed E-state index contributed by atoms with van der Waals surface area (Å²) in [4.78, 5) is 15.4. The van der Waals surface area contributed by atoms with E-state index >= 15 is 0 Å². The minimum Gasteiger partial charge on any atom is -0.481 e. The standard InChI is InChI=1S/C12H16N2O2/c15-11(16)12(3-7-14-8-4-12)9-10-1-5-13-6-2-10/h1-2,5-6,14H,3-4,7-9H2,(H,15,16). The van der Waals surface area contributed by atoms with E-state index in [1.807, 2.05) is 12.1 Å². The van der Waals surface area contributed by atoms with Crippen LogP contribution in [0.5, 0.6) is 0 Å². The molecule has 86 valence electrons. The van der Waals surface area contributed by atoms with Crippen molar-refractivity contribution < 1.29 is 9.90 Å². The lowest BCUT2D eigenvalue weighted by atomic mass is 9.74. The van der Waals surface area contributed by atoms with Gasteiger partial charge in [-0.15, -0.1) is 0 Å². The van der Waals surface area contributed by atoms with E-state index in [0.29, 0.717) is 19.3 Å². The number of aliphatic carboxylic acids is 1. The van der Waals surface area contributed by atoms with Gasteiger partial charge in [0.05, 0.1) is 5.41 Å². The molecule has 4 heteroatoms. The number of carboxylic acid groups (broad SMARTS) is 1. The molecule has 1 aliphatic rings. The van der Waals surface area contributed by atoms with Crippen LogP contribution in [-0.2, 0) is 11.2 Å². The molecule has 0 spiro atoms. The molecule has 4 nitrogen and oxygen atoms in total. The van der Waals surface area contributed by atoms with E-state index in [1.54, 1.807) is 12.4 Å². The topological polar surface area (TPSA) is 62.2 Å². The molecule has 2 heterocycles. The van der Waals surface area contributed by atoms with Gasteiger partial charge in [0.15, 0.2) is 0 Å². The molecule has 0 unspecified atom stereocenters. The average Bonchev–Trinajstić information content (AvgIpc) is 2.31. The smallest absolute Gasteiger partial charge is 0.310 e. The number of hydrogen-bond acceptors (Lipinski definition) is 3. The van der Waals surface area contributed by atoms with Gasteiger partial charge in [0.25, 0.3) is 0 Å². The average molecular weight is 220 g/mol. The summed E-state index contributed by atoms with van der Waals surface area (Å²) in [5.41, 5.74) is 0.464.